The molecule has 0 spiro atoms. The van der Waals surface area contributed by atoms with Gasteiger partial charge in [0, 0.05) is 10.7 Å². The maximum absolute atomic E-state index is 5.75. The number of rotatable bonds is 6. The van der Waals surface area contributed by atoms with Crippen LogP contribution in [0, 0.1) is 5.92 Å². The summed E-state index contributed by atoms with van der Waals surface area (Å²) in [5.74, 6) is 1.55. The molecule has 1 heterocycles. The summed E-state index contributed by atoms with van der Waals surface area (Å²) >= 11 is 3.46. The van der Waals surface area contributed by atoms with Crippen LogP contribution in [0.4, 0.5) is 0 Å². The summed E-state index contributed by atoms with van der Waals surface area (Å²) in [6.07, 6.45) is 4.08. The number of nitrogens with zero attached hydrogens (tertiary/aromatic N) is 1. The predicted octanol–water partition coefficient (Wildman–Crippen LogP) is 4.42. The van der Waals surface area contributed by atoms with Gasteiger partial charge >= 0.3 is 0 Å². The van der Waals surface area contributed by atoms with Crippen molar-refractivity contribution >= 4 is 26.8 Å². The minimum absolute atomic E-state index is 0.692. The Balaban J connectivity index is 1.91. The molecule has 0 N–H and O–H groups in total. The molecule has 3 heteroatoms. The van der Waals surface area contributed by atoms with Gasteiger partial charge in [0.1, 0.15) is 5.75 Å². The molecule has 1 atom stereocenters. The zero-order chi connectivity index (χ0) is 12.8. The molecule has 18 heavy (non-hydrogen) atoms. The minimum atomic E-state index is 0.692. The third kappa shape index (κ3) is 3.70. The highest BCUT2D eigenvalue weighted by Crippen LogP contribution is 2.18. The van der Waals surface area contributed by atoms with Crippen LogP contribution in [0.5, 0.6) is 5.75 Å². The molecule has 2 rings (SSSR count). The van der Waals surface area contributed by atoms with Crippen molar-refractivity contribution in [3.8, 4) is 5.75 Å². The van der Waals surface area contributed by atoms with Gasteiger partial charge in [-0.1, -0.05) is 41.1 Å². The van der Waals surface area contributed by atoms with Gasteiger partial charge in [-0.2, -0.15) is 0 Å². The molecule has 0 saturated heterocycles. The number of halogens is 1. The van der Waals surface area contributed by atoms with Gasteiger partial charge in [-0.3, -0.25) is 4.98 Å². The minimum Gasteiger partial charge on any atom is -0.492 e. The summed E-state index contributed by atoms with van der Waals surface area (Å²) in [7, 11) is 0. The van der Waals surface area contributed by atoms with Gasteiger partial charge in [-0.05, 0) is 30.9 Å². The van der Waals surface area contributed by atoms with E-state index in [1.165, 1.54) is 6.42 Å². The lowest BCUT2D eigenvalue weighted by Crippen LogP contribution is -2.04. The Morgan fingerprint density at radius 1 is 1.28 bits per heavy atom. The first kappa shape index (κ1) is 13.3. The molecule has 1 aromatic carbocycles. The number of pyridine rings is 1. The average molecular weight is 308 g/mol. The van der Waals surface area contributed by atoms with E-state index in [1.807, 2.05) is 18.2 Å². The van der Waals surface area contributed by atoms with E-state index in [-0.39, 0.29) is 0 Å². The number of benzene rings is 1. The number of fused-ring (bicyclic) bond motifs is 1. The van der Waals surface area contributed by atoms with E-state index in [0.717, 1.165) is 35.0 Å². The van der Waals surface area contributed by atoms with Crippen LogP contribution in [0.2, 0.25) is 0 Å². The zero-order valence-corrected chi connectivity index (χ0v) is 12.2. The van der Waals surface area contributed by atoms with Crippen molar-refractivity contribution < 1.29 is 4.74 Å². The normalized spacial score (nSPS) is 12.6. The third-order valence-electron chi connectivity index (χ3n) is 3.05. The maximum atomic E-state index is 5.75. The first-order valence-corrected chi connectivity index (χ1v) is 7.45. The summed E-state index contributed by atoms with van der Waals surface area (Å²) < 4.78 is 5.75. The lowest BCUT2D eigenvalue weighted by Gasteiger charge is -2.11. The number of aromatic nitrogens is 1. The molecule has 0 amide bonds. The lowest BCUT2D eigenvalue weighted by atomic mass is 10.1. The second kappa shape index (κ2) is 6.74. The number of hydrogen-bond donors (Lipinski definition) is 0. The number of hydrogen-bond acceptors (Lipinski definition) is 2. The van der Waals surface area contributed by atoms with E-state index in [9.17, 15) is 0 Å². The Hall–Kier alpha value is -1.09. The molecule has 1 unspecified atom stereocenters. The van der Waals surface area contributed by atoms with Crippen LogP contribution < -0.4 is 4.74 Å². The fourth-order valence-corrected chi connectivity index (χ4v) is 2.62. The fourth-order valence-electron chi connectivity index (χ4n) is 1.84. The molecule has 2 aromatic rings. The summed E-state index contributed by atoms with van der Waals surface area (Å²) in [5.41, 5.74) is 1.01. The average Bonchev–Trinajstić information content (AvgIpc) is 2.39. The highest BCUT2D eigenvalue weighted by atomic mass is 79.9. The second-order valence-corrected chi connectivity index (χ2v) is 5.38. The van der Waals surface area contributed by atoms with Gasteiger partial charge in [0.15, 0.2) is 0 Å². The Bertz CT molecular complexity index is 501. The molecule has 0 aliphatic carbocycles. The van der Waals surface area contributed by atoms with Crippen molar-refractivity contribution in [2.45, 2.75) is 19.8 Å². The Kier molecular flexibility index (Phi) is 5.00. The second-order valence-electron chi connectivity index (χ2n) is 4.58. The molecule has 0 radical (unpaired) electrons. The molecule has 1 aromatic heterocycles. The molecule has 0 fully saturated rings. The van der Waals surface area contributed by atoms with Crippen molar-refractivity contribution in [1.29, 1.82) is 0 Å². The standard InChI is InChI=1S/C15H18BrNO/c1-12(6-8-16)7-9-18-14-10-13-4-2-3-5-15(13)17-11-14/h2-5,10-12H,6-9H2,1H3. The van der Waals surface area contributed by atoms with Crippen LogP contribution in [0.15, 0.2) is 36.5 Å². The Morgan fingerprint density at radius 2 is 2.11 bits per heavy atom. The molecule has 0 saturated carbocycles. The zero-order valence-electron chi connectivity index (χ0n) is 10.6. The van der Waals surface area contributed by atoms with E-state index in [1.54, 1.807) is 6.20 Å². The summed E-state index contributed by atoms with van der Waals surface area (Å²) in [6.45, 7) is 3.01. The number of alkyl halides is 1. The van der Waals surface area contributed by atoms with Gasteiger partial charge in [0.2, 0.25) is 0 Å². The van der Waals surface area contributed by atoms with Crippen LogP contribution in [-0.2, 0) is 0 Å². The largest absolute Gasteiger partial charge is 0.492 e. The number of para-hydroxylation sites is 1. The Labute approximate surface area is 117 Å². The van der Waals surface area contributed by atoms with Gasteiger partial charge in [0.05, 0.1) is 18.3 Å². The molecule has 2 nitrogen and oxygen atoms in total. The van der Waals surface area contributed by atoms with E-state index >= 15 is 0 Å². The van der Waals surface area contributed by atoms with Crippen LogP contribution in [0.25, 0.3) is 10.9 Å². The third-order valence-corrected chi connectivity index (χ3v) is 3.50. The molecule has 0 bridgehead atoms. The summed E-state index contributed by atoms with van der Waals surface area (Å²) in [6, 6.07) is 10.1. The van der Waals surface area contributed by atoms with Gasteiger partial charge in [-0.25, -0.2) is 0 Å². The van der Waals surface area contributed by atoms with E-state index in [4.69, 9.17) is 4.74 Å². The van der Waals surface area contributed by atoms with Crippen LogP contribution in [0.1, 0.15) is 19.8 Å². The molecular formula is C15H18BrNO. The monoisotopic (exact) mass is 307 g/mol. The van der Waals surface area contributed by atoms with Crippen molar-refractivity contribution in [3.63, 3.8) is 0 Å². The van der Waals surface area contributed by atoms with Gasteiger partial charge < -0.3 is 4.74 Å². The predicted molar refractivity (Wildman–Crippen MR) is 79.4 cm³/mol. The summed E-state index contributed by atoms with van der Waals surface area (Å²) in [4.78, 5) is 4.38. The first-order chi connectivity index (χ1) is 8.79. The molecule has 0 aliphatic heterocycles. The van der Waals surface area contributed by atoms with Gasteiger partial charge in [-0.15, -0.1) is 0 Å². The van der Waals surface area contributed by atoms with Crippen molar-refractivity contribution in [2.75, 3.05) is 11.9 Å². The van der Waals surface area contributed by atoms with E-state index in [2.05, 4.69) is 40.0 Å². The quantitative estimate of drug-likeness (QED) is 0.737. The highest BCUT2D eigenvalue weighted by molar-refractivity contribution is 9.09. The smallest absolute Gasteiger partial charge is 0.138 e. The highest BCUT2D eigenvalue weighted by Gasteiger charge is 2.02. The topological polar surface area (TPSA) is 22.1 Å². The van der Waals surface area contributed by atoms with Crippen molar-refractivity contribution in [3.05, 3.63) is 36.5 Å². The number of ether oxygens (including phenoxy) is 1. The lowest BCUT2D eigenvalue weighted by molar-refractivity contribution is 0.282. The Morgan fingerprint density at radius 3 is 2.94 bits per heavy atom. The van der Waals surface area contributed by atoms with E-state index < -0.39 is 0 Å². The fraction of sp³-hybridized carbons (Fsp3) is 0.400. The SMILES string of the molecule is CC(CCBr)CCOc1cnc2ccccc2c1. The first-order valence-electron chi connectivity index (χ1n) is 6.33. The maximum Gasteiger partial charge on any atom is 0.138 e. The van der Waals surface area contributed by atoms with Crippen LogP contribution in [-0.4, -0.2) is 16.9 Å². The van der Waals surface area contributed by atoms with E-state index in [0.29, 0.717) is 5.92 Å². The molecule has 96 valence electrons. The van der Waals surface area contributed by atoms with Crippen LogP contribution >= 0.6 is 15.9 Å². The molecule has 0 aliphatic rings. The van der Waals surface area contributed by atoms with Crippen LogP contribution in [0.3, 0.4) is 0 Å². The summed E-state index contributed by atoms with van der Waals surface area (Å²) in [5, 5.41) is 2.19. The van der Waals surface area contributed by atoms with Crippen molar-refractivity contribution in [1.82, 2.24) is 4.98 Å². The van der Waals surface area contributed by atoms with Crippen molar-refractivity contribution in [2.24, 2.45) is 5.92 Å². The van der Waals surface area contributed by atoms with Gasteiger partial charge in [0.25, 0.3) is 0 Å². The molecular weight excluding hydrogens is 290 g/mol.